The summed E-state index contributed by atoms with van der Waals surface area (Å²) in [7, 11) is 3.97. The van der Waals surface area contributed by atoms with E-state index < -0.39 is 11.9 Å². The Balaban J connectivity index is 2.48. The molecular formula is C17H27FN2O2. The standard InChI is InChI=1S/C17H27FN2O2/c1-12(2)8-15(20(3)4)11-19-17(22)10-16(21)13-6-5-7-14(18)9-13/h5-7,9,12,15-16,21H,8,10-11H2,1-4H3,(H,19,22). The van der Waals surface area contributed by atoms with Gasteiger partial charge in [0, 0.05) is 12.6 Å². The van der Waals surface area contributed by atoms with Gasteiger partial charge in [-0.25, -0.2) is 4.39 Å². The highest BCUT2D eigenvalue weighted by Gasteiger charge is 2.17. The summed E-state index contributed by atoms with van der Waals surface area (Å²) in [6.45, 7) is 4.83. The molecule has 2 N–H and O–H groups in total. The molecule has 1 aromatic carbocycles. The third-order valence-electron chi connectivity index (χ3n) is 3.62. The van der Waals surface area contributed by atoms with E-state index in [9.17, 15) is 14.3 Å². The monoisotopic (exact) mass is 310 g/mol. The lowest BCUT2D eigenvalue weighted by Gasteiger charge is -2.26. The van der Waals surface area contributed by atoms with E-state index in [4.69, 9.17) is 0 Å². The maximum atomic E-state index is 13.1. The highest BCUT2D eigenvalue weighted by atomic mass is 19.1. The van der Waals surface area contributed by atoms with Crippen LogP contribution in [-0.2, 0) is 4.79 Å². The molecule has 0 radical (unpaired) electrons. The van der Waals surface area contributed by atoms with Crippen LogP contribution in [0.4, 0.5) is 4.39 Å². The lowest BCUT2D eigenvalue weighted by Crippen LogP contribution is -2.41. The van der Waals surface area contributed by atoms with Crippen LogP contribution in [0.5, 0.6) is 0 Å². The lowest BCUT2D eigenvalue weighted by atomic mass is 10.0. The van der Waals surface area contributed by atoms with Crippen LogP contribution in [0, 0.1) is 11.7 Å². The molecule has 0 saturated heterocycles. The first-order chi connectivity index (χ1) is 10.3. The number of aliphatic hydroxyl groups excluding tert-OH is 1. The van der Waals surface area contributed by atoms with Gasteiger partial charge in [0.1, 0.15) is 5.82 Å². The van der Waals surface area contributed by atoms with Gasteiger partial charge in [-0.3, -0.25) is 4.79 Å². The minimum atomic E-state index is -0.987. The lowest BCUT2D eigenvalue weighted by molar-refractivity contribution is -0.123. The minimum Gasteiger partial charge on any atom is -0.388 e. The average Bonchev–Trinajstić information content (AvgIpc) is 2.42. The third kappa shape index (κ3) is 6.54. The molecule has 0 saturated carbocycles. The molecule has 1 amide bonds. The molecule has 0 aliphatic rings. The second kappa shape index (κ2) is 8.86. The van der Waals surface area contributed by atoms with E-state index in [1.165, 1.54) is 18.2 Å². The number of nitrogens with one attached hydrogen (secondary N) is 1. The summed E-state index contributed by atoms with van der Waals surface area (Å²) in [6, 6.07) is 5.96. The van der Waals surface area contributed by atoms with E-state index in [1.807, 2.05) is 14.1 Å². The predicted molar refractivity (Wildman–Crippen MR) is 85.9 cm³/mol. The topological polar surface area (TPSA) is 52.6 Å². The molecule has 0 aliphatic heterocycles. The van der Waals surface area contributed by atoms with Crippen LogP contribution in [0.3, 0.4) is 0 Å². The summed E-state index contributed by atoms with van der Waals surface area (Å²) in [5.41, 5.74) is 0.418. The van der Waals surface area contributed by atoms with Crippen LogP contribution in [0.1, 0.15) is 38.4 Å². The Bertz CT molecular complexity index is 477. The quantitative estimate of drug-likeness (QED) is 0.775. The summed E-state index contributed by atoms with van der Waals surface area (Å²) in [6.07, 6.45) is -0.0658. The van der Waals surface area contributed by atoms with Gasteiger partial charge in [0.2, 0.25) is 5.91 Å². The minimum absolute atomic E-state index is 0.0642. The Kier molecular flexibility index (Phi) is 7.48. The highest BCUT2D eigenvalue weighted by molar-refractivity contribution is 5.76. The summed E-state index contributed by atoms with van der Waals surface area (Å²) < 4.78 is 13.1. The van der Waals surface area contributed by atoms with E-state index in [0.717, 1.165) is 6.42 Å². The Labute approximate surface area is 132 Å². The summed E-state index contributed by atoms with van der Waals surface area (Å²) in [5, 5.41) is 12.8. The molecule has 2 unspecified atom stereocenters. The number of nitrogens with zero attached hydrogens (tertiary/aromatic N) is 1. The second-order valence-corrected chi connectivity index (χ2v) is 6.33. The molecule has 4 nitrogen and oxygen atoms in total. The number of benzene rings is 1. The maximum absolute atomic E-state index is 13.1. The molecule has 0 heterocycles. The van der Waals surface area contributed by atoms with Crippen molar-refractivity contribution in [3.63, 3.8) is 0 Å². The molecule has 0 aliphatic carbocycles. The van der Waals surface area contributed by atoms with Gasteiger partial charge in [0.05, 0.1) is 12.5 Å². The Morgan fingerprint density at radius 2 is 2.05 bits per heavy atom. The van der Waals surface area contributed by atoms with E-state index in [0.29, 0.717) is 18.0 Å². The number of hydrogen-bond donors (Lipinski definition) is 2. The maximum Gasteiger partial charge on any atom is 0.223 e. The normalized spacial score (nSPS) is 14.2. The number of hydrogen-bond acceptors (Lipinski definition) is 3. The number of aliphatic hydroxyl groups is 1. The molecule has 0 bridgehead atoms. The Morgan fingerprint density at radius 3 is 2.59 bits per heavy atom. The van der Waals surface area contributed by atoms with Crippen LogP contribution >= 0.6 is 0 Å². The van der Waals surface area contributed by atoms with E-state index in [2.05, 4.69) is 24.1 Å². The van der Waals surface area contributed by atoms with Crippen molar-refractivity contribution in [3.8, 4) is 0 Å². The second-order valence-electron chi connectivity index (χ2n) is 6.33. The number of rotatable bonds is 8. The number of halogens is 1. The molecule has 1 rings (SSSR count). The van der Waals surface area contributed by atoms with E-state index in [-0.39, 0.29) is 18.4 Å². The van der Waals surface area contributed by atoms with Crippen molar-refractivity contribution in [3.05, 3.63) is 35.6 Å². The van der Waals surface area contributed by atoms with Crippen LogP contribution in [0.15, 0.2) is 24.3 Å². The molecule has 22 heavy (non-hydrogen) atoms. The molecule has 124 valence electrons. The molecular weight excluding hydrogens is 283 g/mol. The zero-order chi connectivity index (χ0) is 16.7. The first-order valence-electron chi connectivity index (χ1n) is 7.66. The van der Waals surface area contributed by atoms with Gasteiger partial charge < -0.3 is 15.3 Å². The predicted octanol–water partition coefficient (Wildman–Crippen LogP) is 2.34. The highest BCUT2D eigenvalue weighted by Crippen LogP contribution is 2.17. The number of amides is 1. The first-order valence-corrected chi connectivity index (χ1v) is 7.66. The zero-order valence-electron chi connectivity index (χ0n) is 13.8. The van der Waals surface area contributed by atoms with Gasteiger partial charge in [-0.1, -0.05) is 26.0 Å². The fraction of sp³-hybridized carbons (Fsp3) is 0.588. The smallest absolute Gasteiger partial charge is 0.223 e. The first kappa shape index (κ1) is 18.6. The Hall–Kier alpha value is -1.46. The number of carbonyl (C=O) groups is 1. The molecule has 1 aromatic rings. The van der Waals surface area contributed by atoms with Crippen molar-refractivity contribution in [2.45, 2.75) is 38.8 Å². The van der Waals surface area contributed by atoms with Gasteiger partial charge in [-0.05, 0) is 44.1 Å². The van der Waals surface area contributed by atoms with Gasteiger partial charge in [-0.15, -0.1) is 0 Å². The van der Waals surface area contributed by atoms with Gasteiger partial charge in [-0.2, -0.15) is 0 Å². The van der Waals surface area contributed by atoms with Crippen molar-refractivity contribution >= 4 is 5.91 Å². The van der Waals surface area contributed by atoms with Gasteiger partial charge >= 0.3 is 0 Å². The van der Waals surface area contributed by atoms with Crippen molar-refractivity contribution < 1.29 is 14.3 Å². The molecule has 5 heteroatoms. The van der Waals surface area contributed by atoms with Crippen LogP contribution in [-0.4, -0.2) is 42.6 Å². The van der Waals surface area contributed by atoms with Crippen LogP contribution in [0.2, 0.25) is 0 Å². The van der Waals surface area contributed by atoms with Crippen molar-refractivity contribution in [2.75, 3.05) is 20.6 Å². The summed E-state index contributed by atoms with van der Waals surface area (Å²) in [4.78, 5) is 14.0. The fourth-order valence-corrected chi connectivity index (χ4v) is 2.33. The number of carbonyl (C=O) groups excluding carboxylic acids is 1. The molecule has 0 aromatic heterocycles. The molecule has 0 spiro atoms. The van der Waals surface area contributed by atoms with Crippen LogP contribution in [0.25, 0.3) is 0 Å². The Morgan fingerprint density at radius 1 is 1.36 bits per heavy atom. The number of likely N-dealkylation sites (N-methyl/N-ethyl adjacent to an activating group) is 1. The molecule has 2 atom stereocenters. The largest absolute Gasteiger partial charge is 0.388 e. The van der Waals surface area contributed by atoms with Crippen LogP contribution < -0.4 is 5.32 Å². The van der Waals surface area contributed by atoms with Crippen molar-refractivity contribution in [1.82, 2.24) is 10.2 Å². The van der Waals surface area contributed by atoms with Gasteiger partial charge in [0.25, 0.3) is 0 Å². The molecule has 0 fully saturated rings. The summed E-state index contributed by atoms with van der Waals surface area (Å²) in [5.74, 6) is -0.101. The van der Waals surface area contributed by atoms with E-state index >= 15 is 0 Å². The van der Waals surface area contributed by atoms with Crippen molar-refractivity contribution in [1.29, 1.82) is 0 Å². The fourth-order valence-electron chi connectivity index (χ4n) is 2.33. The third-order valence-corrected chi connectivity index (χ3v) is 3.62. The van der Waals surface area contributed by atoms with E-state index in [1.54, 1.807) is 6.07 Å². The van der Waals surface area contributed by atoms with Crippen molar-refractivity contribution in [2.24, 2.45) is 5.92 Å². The van der Waals surface area contributed by atoms with Gasteiger partial charge in [0.15, 0.2) is 0 Å². The zero-order valence-corrected chi connectivity index (χ0v) is 13.8. The average molecular weight is 310 g/mol. The summed E-state index contributed by atoms with van der Waals surface area (Å²) >= 11 is 0. The SMILES string of the molecule is CC(C)CC(CNC(=O)CC(O)c1cccc(F)c1)N(C)C.